The maximum atomic E-state index is 13.2. The van der Waals surface area contributed by atoms with E-state index in [9.17, 15) is 4.39 Å². The minimum Gasteiger partial charge on any atom is -0.310 e. The third-order valence-electron chi connectivity index (χ3n) is 2.74. The van der Waals surface area contributed by atoms with Crippen molar-refractivity contribution in [1.82, 2.24) is 15.1 Å². The minimum absolute atomic E-state index is 0.284. The largest absolute Gasteiger partial charge is 0.310 e. The summed E-state index contributed by atoms with van der Waals surface area (Å²) in [5.74, 6) is -0.284. The van der Waals surface area contributed by atoms with Crippen molar-refractivity contribution in [1.29, 1.82) is 0 Å². The lowest BCUT2D eigenvalue weighted by Crippen LogP contribution is -2.21. The van der Waals surface area contributed by atoms with Gasteiger partial charge in [-0.3, -0.25) is 4.68 Å². The Morgan fingerprint density at radius 3 is 2.95 bits per heavy atom. The standard InChI is InChI=1S/C14H17ClFN3/c1-10(2)17-6-11-7-18-19(8-11)9-12-5-13(16)3-4-14(12)15/h3-5,7-8,10,17H,6,9H2,1-2H3. The summed E-state index contributed by atoms with van der Waals surface area (Å²) in [4.78, 5) is 0. The van der Waals surface area contributed by atoms with Gasteiger partial charge in [-0.1, -0.05) is 25.4 Å². The third kappa shape index (κ3) is 4.04. The van der Waals surface area contributed by atoms with Crippen LogP contribution in [0.25, 0.3) is 0 Å². The maximum absolute atomic E-state index is 13.2. The van der Waals surface area contributed by atoms with Gasteiger partial charge in [0.1, 0.15) is 5.82 Å². The lowest BCUT2D eigenvalue weighted by atomic mass is 10.2. The molecule has 1 heterocycles. The number of halogens is 2. The molecule has 0 unspecified atom stereocenters. The quantitative estimate of drug-likeness (QED) is 0.912. The van der Waals surface area contributed by atoms with Crippen LogP contribution in [-0.4, -0.2) is 15.8 Å². The molecule has 5 heteroatoms. The normalized spacial score (nSPS) is 11.2. The predicted octanol–water partition coefficient (Wildman–Crippen LogP) is 3.22. The second-order valence-electron chi connectivity index (χ2n) is 4.82. The van der Waals surface area contributed by atoms with Crippen molar-refractivity contribution < 1.29 is 4.39 Å². The monoisotopic (exact) mass is 281 g/mol. The molecule has 0 spiro atoms. The van der Waals surface area contributed by atoms with Crippen molar-refractivity contribution in [3.05, 3.63) is 52.6 Å². The third-order valence-corrected chi connectivity index (χ3v) is 3.11. The number of benzene rings is 1. The van der Waals surface area contributed by atoms with E-state index in [4.69, 9.17) is 11.6 Å². The molecule has 0 atom stereocenters. The zero-order valence-corrected chi connectivity index (χ0v) is 11.8. The van der Waals surface area contributed by atoms with Gasteiger partial charge in [0.05, 0.1) is 12.7 Å². The maximum Gasteiger partial charge on any atom is 0.123 e. The van der Waals surface area contributed by atoms with Crippen LogP contribution in [0, 0.1) is 5.82 Å². The van der Waals surface area contributed by atoms with E-state index in [1.807, 2.05) is 12.4 Å². The van der Waals surface area contributed by atoms with Crippen LogP contribution >= 0.6 is 11.6 Å². The van der Waals surface area contributed by atoms with Crippen molar-refractivity contribution in [2.24, 2.45) is 0 Å². The van der Waals surface area contributed by atoms with Crippen LogP contribution in [0.4, 0.5) is 4.39 Å². The summed E-state index contributed by atoms with van der Waals surface area (Å²) in [6, 6.07) is 4.79. The summed E-state index contributed by atoms with van der Waals surface area (Å²) in [5, 5.41) is 8.13. The Labute approximate surface area is 117 Å². The Bertz CT molecular complexity index is 551. The molecule has 0 aliphatic heterocycles. The molecule has 0 saturated heterocycles. The van der Waals surface area contributed by atoms with E-state index in [-0.39, 0.29) is 5.82 Å². The Kier molecular flexibility index (Phi) is 4.56. The van der Waals surface area contributed by atoms with Gasteiger partial charge in [-0.05, 0) is 23.8 Å². The van der Waals surface area contributed by atoms with Gasteiger partial charge >= 0.3 is 0 Å². The molecule has 0 bridgehead atoms. The van der Waals surface area contributed by atoms with Crippen molar-refractivity contribution in [3.63, 3.8) is 0 Å². The molecule has 1 aromatic carbocycles. The van der Waals surface area contributed by atoms with Crippen molar-refractivity contribution >= 4 is 11.6 Å². The zero-order valence-electron chi connectivity index (χ0n) is 11.0. The Morgan fingerprint density at radius 1 is 1.42 bits per heavy atom. The van der Waals surface area contributed by atoms with Gasteiger partial charge in [0.2, 0.25) is 0 Å². The van der Waals surface area contributed by atoms with Gasteiger partial charge in [0.15, 0.2) is 0 Å². The number of hydrogen-bond donors (Lipinski definition) is 1. The first-order chi connectivity index (χ1) is 9.04. The van der Waals surface area contributed by atoms with Crippen LogP contribution in [-0.2, 0) is 13.1 Å². The highest BCUT2D eigenvalue weighted by atomic mass is 35.5. The topological polar surface area (TPSA) is 29.9 Å². The molecular formula is C14H17ClFN3. The second kappa shape index (κ2) is 6.17. The van der Waals surface area contributed by atoms with E-state index < -0.39 is 0 Å². The molecule has 2 rings (SSSR count). The second-order valence-corrected chi connectivity index (χ2v) is 5.22. The molecule has 3 nitrogen and oxygen atoms in total. The Balaban J connectivity index is 2.05. The first kappa shape index (κ1) is 14.0. The van der Waals surface area contributed by atoms with E-state index in [1.165, 1.54) is 12.1 Å². The smallest absolute Gasteiger partial charge is 0.123 e. The average Bonchev–Trinajstić information content (AvgIpc) is 2.79. The molecule has 0 aliphatic rings. The fourth-order valence-corrected chi connectivity index (χ4v) is 1.92. The van der Waals surface area contributed by atoms with Crippen LogP contribution in [0.3, 0.4) is 0 Å². The highest BCUT2D eigenvalue weighted by Crippen LogP contribution is 2.18. The summed E-state index contributed by atoms with van der Waals surface area (Å²) in [6.45, 7) is 5.43. The summed E-state index contributed by atoms with van der Waals surface area (Å²) in [7, 11) is 0. The number of nitrogens with zero attached hydrogens (tertiary/aromatic N) is 2. The van der Waals surface area contributed by atoms with Crippen LogP contribution in [0.1, 0.15) is 25.0 Å². The predicted molar refractivity (Wildman–Crippen MR) is 74.7 cm³/mol. The molecule has 1 N–H and O–H groups in total. The van der Waals surface area contributed by atoms with Gasteiger partial charge in [-0.15, -0.1) is 0 Å². The number of rotatable bonds is 5. The highest BCUT2D eigenvalue weighted by Gasteiger charge is 2.05. The molecule has 102 valence electrons. The number of hydrogen-bond acceptors (Lipinski definition) is 2. The van der Waals surface area contributed by atoms with Gasteiger partial charge < -0.3 is 5.32 Å². The summed E-state index contributed by atoms with van der Waals surface area (Å²) >= 11 is 6.04. The summed E-state index contributed by atoms with van der Waals surface area (Å²) < 4.78 is 14.9. The fraction of sp³-hybridized carbons (Fsp3) is 0.357. The average molecular weight is 282 g/mol. The molecular weight excluding hydrogens is 265 g/mol. The van der Waals surface area contributed by atoms with E-state index in [2.05, 4.69) is 24.3 Å². The molecule has 1 aromatic heterocycles. The molecule has 0 radical (unpaired) electrons. The first-order valence-electron chi connectivity index (χ1n) is 6.23. The molecule has 0 fully saturated rings. The summed E-state index contributed by atoms with van der Waals surface area (Å²) in [6.07, 6.45) is 3.75. The lowest BCUT2D eigenvalue weighted by molar-refractivity contribution is 0.588. The zero-order chi connectivity index (χ0) is 13.8. The van der Waals surface area contributed by atoms with Gasteiger partial charge in [-0.25, -0.2) is 4.39 Å². The molecule has 2 aromatic rings. The van der Waals surface area contributed by atoms with E-state index in [0.29, 0.717) is 17.6 Å². The minimum atomic E-state index is -0.284. The van der Waals surface area contributed by atoms with E-state index in [0.717, 1.165) is 17.7 Å². The van der Waals surface area contributed by atoms with Gasteiger partial charge in [0.25, 0.3) is 0 Å². The number of nitrogens with one attached hydrogen (secondary N) is 1. The summed E-state index contributed by atoms with van der Waals surface area (Å²) in [5.41, 5.74) is 1.83. The Hall–Kier alpha value is -1.39. The van der Waals surface area contributed by atoms with E-state index in [1.54, 1.807) is 10.7 Å². The van der Waals surface area contributed by atoms with Gasteiger partial charge in [-0.2, -0.15) is 5.10 Å². The lowest BCUT2D eigenvalue weighted by Gasteiger charge is -2.06. The molecule has 0 aliphatic carbocycles. The number of aromatic nitrogens is 2. The van der Waals surface area contributed by atoms with Crippen LogP contribution in [0.15, 0.2) is 30.6 Å². The van der Waals surface area contributed by atoms with Gasteiger partial charge in [0, 0.05) is 29.4 Å². The Morgan fingerprint density at radius 2 is 2.21 bits per heavy atom. The van der Waals surface area contributed by atoms with Crippen molar-refractivity contribution in [2.75, 3.05) is 0 Å². The van der Waals surface area contributed by atoms with Crippen molar-refractivity contribution in [2.45, 2.75) is 33.0 Å². The fourth-order valence-electron chi connectivity index (χ4n) is 1.75. The SMILES string of the molecule is CC(C)NCc1cnn(Cc2cc(F)ccc2Cl)c1. The van der Waals surface area contributed by atoms with Crippen molar-refractivity contribution in [3.8, 4) is 0 Å². The van der Waals surface area contributed by atoms with Crippen LogP contribution < -0.4 is 5.32 Å². The molecule has 19 heavy (non-hydrogen) atoms. The van der Waals surface area contributed by atoms with Crippen LogP contribution in [0.5, 0.6) is 0 Å². The first-order valence-corrected chi connectivity index (χ1v) is 6.61. The highest BCUT2D eigenvalue weighted by molar-refractivity contribution is 6.31. The molecule has 0 amide bonds. The van der Waals surface area contributed by atoms with Crippen LogP contribution in [0.2, 0.25) is 5.02 Å². The molecule has 0 saturated carbocycles. The van der Waals surface area contributed by atoms with E-state index >= 15 is 0 Å².